The van der Waals surface area contributed by atoms with E-state index < -0.39 is 6.04 Å². The third kappa shape index (κ3) is 4.98. The molecule has 0 fully saturated rings. The third-order valence-electron chi connectivity index (χ3n) is 4.50. The predicted molar refractivity (Wildman–Crippen MR) is 107 cm³/mol. The summed E-state index contributed by atoms with van der Waals surface area (Å²) in [6.45, 7) is 0.263. The number of hydrogen-bond acceptors (Lipinski definition) is 3. The number of rotatable bonds is 8. The van der Waals surface area contributed by atoms with Gasteiger partial charge in [-0.2, -0.15) is 5.26 Å². The summed E-state index contributed by atoms with van der Waals surface area (Å²) >= 11 is 0. The summed E-state index contributed by atoms with van der Waals surface area (Å²) in [6.07, 6.45) is 2.62. The molecule has 2 aromatic carbocycles. The first-order valence-corrected chi connectivity index (χ1v) is 9.20. The van der Waals surface area contributed by atoms with Gasteiger partial charge in [0.25, 0.3) is 0 Å². The first-order chi connectivity index (χ1) is 13.7. The van der Waals surface area contributed by atoms with E-state index in [9.17, 15) is 9.59 Å². The van der Waals surface area contributed by atoms with Crippen LogP contribution in [0.4, 0.5) is 0 Å². The number of amides is 2. The summed E-state index contributed by atoms with van der Waals surface area (Å²) in [5, 5.41) is 15.2. The maximum absolute atomic E-state index is 12.6. The number of nitrogens with one attached hydrogen (secondary N) is 3. The smallest absolute Gasteiger partial charge is 0.242 e. The lowest BCUT2D eigenvalue weighted by Gasteiger charge is -2.18. The van der Waals surface area contributed by atoms with E-state index in [0.717, 1.165) is 22.0 Å². The molecule has 3 aromatic rings. The fourth-order valence-corrected chi connectivity index (χ4v) is 3.12. The lowest BCUT2D eigenvalue weighted by atomic mass is 10.0. The molecule has 1 heterocycles. The minimum atomic E-state index is -0.696. The van der Waals surface area contributed by atoms with E-state index in [1.165, 1.54) is 0 Å². The van der Waals surface area contributed by atoms with Gasteiger partial charge in [0, 0.05) is 30.1 Å². The number of carbonyl (C=O) groups is 2. The fourth-order valence-electron chi connectivity index (χ4n) is 3.12. The number of fused-ring (bicyclic) bond motifs is 1. The molecular formula is C22H22N4O2. The van der Waals surface area contributed by atoms with Crippen LogP contribution in [-0.2, 0) is 22.4 Å². The molecule has 1 aromatic heterocycles. The minimum absolute atomic E-state index is 0.181. The SMILES string of the molecule is N#CCCNC(=O)C(Cc1ccccc1)NC(=O)Cc1c[nH]c2ccccc12. The van der Waals surface area contributed by atoms with E-state index >= 15 is 0 Å². The number of hydrogen-bond donors (Lipinski definition) is 3. The Morgan fingerprint density at radius 2 is 1.82 bits per heavy atom. The van der Waals surface area contributed by atoms with Crippen LogP contribution in [0.15, 0.2) is 60.8 Å². The van der Waals surface area contributed by atoms with Crippen LogP contribution in [0.3, 0.4) is 0 Å². The Bertz CT molecular complexity index is 988. The van der Waals surface area contributed by atoms with E-state index in [1.807, 2.05) is 66.9 Å². The van der Waals surface area contributed by atoms with Gasteiger partial charge in [-0.1, -0.05) is 48.5 Å². The number of H-pyrrole nitrogens is 1. The predicted octanol–water partition coefficient (Wildman–Crippen LogP) is 2.47. The zero-order valence-electron chi connectivity index (χ0n) is 15.4. The van der Waals surface area contributed by atoms with Crippen molar-refractivity contribution in [3.8, 4) is 6.07 Å². The van der Waals surface area contributed by atoms with Crippen LogP contribution in [0, 0.1) is 11.3 Å². The monoisotopic (exact) mass is 374 g/mol. The number of aromatic nitrogens is 1. The molecule has 0 bridgehead atoms. The van der Waals surface area contributed by atoms with Gasteiger partial charge in [0.05, 0.1) is 18.9 Å². The number of nitriles is 1. The maximum Gasteiger partial charge on any atom is 0.242 e. The van der Waals surface area contributed by atoms with Gasteiger partial charge >= 0.3 is 0 Å². The number of carbonyl (C=O) groups excluding carboxylic acids is 2. The van der Waals surface area contributed by atoms with Gasteiger partial charge in [0.15, 0.2) is 0 Å². The molecule has 0 aliphatic rings. The summed E-state index contributed by atoms with van der Waals surface area (Å²) in [5.41, 5.74) is 2.81. The first-order valence-electron chi connectivity index (χ1n) is 9.20. The van der Waals surface area contributed by atoms with E-state index in [4.69, 9.17) is 5.26 Å². The second-order valence-corrected chi connectivity index (χ2v) is 6.55. The first kappa shape index (κ1) is 19.2. The standard InChI is InChI=1S/C22H22N4O2/c23-11-6-12-24-22(28)20(13-16-7-2-1-3-8-16)26-21(27)14-17-15-25-19-10-5-4-9-18(17)19/h1-5,7-10,15,20,25H,6,12-14H2,(H,24,28)(H,26,27). The van der Waals surface area contributed by atoms with Crippen molar-refractivity contribution in [1.82, 2.24) is 15.6 Å². The van der Waals surface area contributed by atoms with Crippen molar-refractivity contribution in [2.45, 2.75) is 25.3 Å². The van der Waals surface area contributed by atoms with Crippen LogP contribution < -0.4 is 10.6 Å². The lowest BCUT2D eigenvalue weighted by Crippen LogP contribution is -2.48. The average molecular weight is 374 g/mol. The normalized spacial score (nSPS) is 11.5. The Kier molecular flexibility index (Phi) is 6.42. The molecule has 142 valence electrons. The minimum Gasteiger partial charge on any atom is -0.361 e. The van der Waals surface area contributed by atoms with Crippen molar-refractivity contribution in [2.75, 3.05) is 6.54 Å². The van der Waals surface area contributed by atoms with Gasteiger partial charge in [0.1, 0.15) is 6.04 Å². The van der Waals surface area contributed by atoms with Gasteiger partial charge in [-0.25, -0.2) is 0 Å². The highest BCUT2D eigenvalue weighted by atomic mass is 16.2. The van der Waals surface area contributed by atoms with E-state index in [-0.39, 0.29) is 31.2 Å². The van der Waals surface area contributed by atoms with Crippen molar-refractivity contribution in [2.24, 2.45) is 0 Å². The molecule has 0 spiro atoms. The zero-order valence-corrected chi connectivity index (χ0v) is 15.4. The van der Waals surface area contributed by atoms with E-state index in [1.54, 1.807) is 0 Å². The van der Waals surface area contributed by atoms with Crippen molar-refractivity contribution in [3.05, 3.63) is 71.9 Å². The van der Waals surface area contributed by atoms with Gasteiger partial charge < -0.3 is 15.6 Å². The molecule has 0 radical (unpaired) electrons. The van der Waals surface area contributed by atoms with Crippen LogP contribution in [0.25, 0.3) is 10.9 Å². The highest BCUT2D eigenvalue weighted by molar-refractivity contribution is 5.92. The van der Waals surface area contributed by atoms with Crippen molar-refractivity contribution in [1.29, 1.82) is 5.26 Å². The Hall–Kier alpha value is -3.59. The van der Waals surface area contributed by atoms with Gasteiger partial charge in [0.2, 0.25) is 11.8 Å². The fraction of sp³-hybridized carbons (Fsp3) is 0.227. The van der Waals surface area contributed by atoms with Crippen LogP contribution >= 0.6 is 0 Å². The molecule has 0 saturated heterocycles. The van der Waals surface area contributed by atoms with Crippen molar-refractivity contribution < 1.29 is 9.59 Å². The van der Waals surface area contributed by atoms with Gasteiger partial charge in [-0.3, -0.25) is 9.59 Å². The maximum atomic E-state index is 12.6. The quantitative estimate of drug-likeness (QED) is 0.528. The largest absolute Gasteiger partial charge is 0.361 e. The van der Waals surface area contributed by atoms with Crippen molar-refractivity contribution >= 4 is 22.7 Å². The molecule has 3 N–H and O–H groups in total. The van der Waals surface area contributed by atoms with Crippen LogP contribution in [0.5, 0.6) is 0 Å². The van der Waals surface area contributed by atoms with Crippen molar-refractivity contribution in [3.63, 3.8) is 0 Å². The van der Waals surface area contributed by atoms with E-state index in [0.29, 0.717) is 6.42 Å². The topological polar surface area (TPSA) is 97.8 Å². The molecule has 0 saturated carbocycles. The highest BCUT2D eigenvalue weighted by Crippen LogP contribution is 2.18. The summed E-state index contributed by atoms with van der Waals surface area (Å²) < 4.78 is 0. The Labute approximate surface area is 163 Å². The average Bonchev–Trinajstić information content (AvgIpc) is 3.11. The number of benzene rings is 2. The Morgan fingerprint density at radius 3 is 2.61 bits per heavy atom. The summed E-state index contributed by atoms with van der Waals surface area (Å²) in [7, 11) is 0. The molecule has 0 aliphatic heterocycles. The summed E-state index contributed by atoms with van der Waals surface area (Å²) in [6, 6.07) is 18.6. The molecule has 1 unspecified atom stereocenters. The second-order valence-electron chi connectivity index (χ2n) is 6.55. The molecule has 28 heavy (non-hydrogen) atoms. The number of nitrogens with zero attached hydrogens (tertiary/aromatic N) is 1. The molecule has 6 heteroatoms. The second kappa shape index (κ2) is 9.38. The van der Waals surface area contributed by atoms with Crippen LogP contribution in [-0.4, -0.2) is 29.4 Å². The van der Waals surface area contributed by atoms with E-state index in [2.05, 4.69) is 15.6 Å². The lowest BCUT2D eigenvalue weighted by molar-refractivity contribution is -0.128. The number of para-hydroxylation sites is 1. The molecule has 1 atom stereocenters. The molecule has 0 aliphatic carbocycles. The highest BCUT2D eigenvalue weighted by Gasteiger charge is 2.21. The molecular weight excluding hydrogens is 352 g/mol. The summed E-state index contributed by atoms with van der Waals surface area (Å²) in [5.74, 6) is -0.507. The summed E-state index contributed by atoms with van der Waals surface area (Å²) in [4.78, 5) is 28.3. The third-order valence-corrected chi connectivity index (χ3v) is 4.50. The van der Waals surface area contributed by atoms with Gasteiger partial charge in [-0.05, 0) is 17.2 Å². The molecule has 6 nitrogen and oxygen atoms in total. The number of aromatic amines is 1. The Balaban J connectivity index is 1.69. The van der Waals surface area contributed by atoms with Gasteiger partial charge in [-0.15, -0.1) is 0 Å². The zero-order chi connectivity index (χ0) is 19.8. The molecule has 2 amide bonds. The van der Waals surface area contributed by atoms with Crippen LogP contribution in [0.1, 0.15) is 17.5 Å². The van der Waals surface area contributed by atoms with Crippen LogP contribution in [0.2, 0.25) is 0 Å². The Morgan fingerprint density at radius 1 is 1.07 bits per heavy atom. The molecule has 3 rings (SSSR count).